The topological polar surface area (TPSA) is 128 Å². The van der Waals surface area contributed by atoms with E-state index in [1.54, 1.807) is 12.1 Å². The van der Waals surface area contributed by atoms with Crippen molar-refractivity contribution in [3.05, 3.63) is 84.9 Å². The molecule has 0 aliphatic heterocycles. The lowest BCUT2D eigenvalue weighted by molar-refractivity contribution is -0.456. The number of aliphatic hydroxyl groups is 5. The third kappa shape index (κ3) is 3.82. The Balaban J connectivity index is 1.98. The van der Waals surface area contributed by atoms with Gasteiger partial charge in [-0.15, -0.1) is 0 Å². The van der Waals surface area contributed by atoms with Gasteiger partial charge in [-0.2, -0.15) is 5.06 Å². The molecule has 146 valence electrons. The van der Waals surface area contributed by atoms with Gasteiger partial charge >= 0.3 is 11.9 Å². The quantitative estimate of drug-likeness (QED) is 0.280. The van der Waals surface area contributed by atoms with E-state index < -0.39 is 11.9 Å². The minimum Gasteiger partial charge on any atom is -0.341 e. The third-order valence-corrected chi connectivity index (χ3v) is 4.13. The van der Waals surface area contributed by atoms with Crippen LogP contribution in [0.15, 0.2) is 84.9 Å². The zero-order valence-electron chi connectivity index (χ0n) is 14.7. The number of anilines is 4. The summed E-state index contributed by atoms with van der Waals surface area (Å²) in [5, 5.41) is 55.8. The van der Waals surface area contributed by atoms with Gasteiger partial charge in [0, 0.05) is 17.1 Å². The summed E-state index contributed by atoms with van der Waals surface area (Å²) in [5.74, 6) is -7.71. The predicted molar refractivity (Wildman–Crippen MR) is 102 cm³/mol. The zero-order chi connectivity index (χ0) is 20.4. The van der Waals surface area contributed by atoms with Gasteiger partial charge in [0.2, 0.25) is 0 Å². The van der Waals surface area contributed by atoms with E-state index in [1.165, 1.54) is 12.1 Å². The lowest BCUT2D eigenvalue weighted by Gasteiger charge is -2.36. The molecule has 0 fully saturated rings. The summed E-state index contributed by atoms with van der Waals surface area (Å²) in [5.41, 5.74) is 2.25. The number of nitrogens with zero attached hydrogens (tertiary/aromatic N) is 2. The van der Waals surface area contributed by atoms with Crippen molar-refractivity contribution in [2.45, 2.75) is 11.9 Å². The van der Waals surface area contributed by atoms with Gasteiger partial charge in [0.05, 0.1) is 5.69 Å². The van der Waals surface area contributed by atoms with E-state index in [4.69, 9.17) is 15.3 Å². The summed E-state index contributed by atoms with van der Waals surface area (Å²) in [6.45, 7) is 0. The second-order valence-corrected chi connectivity index (χ2v) is 6.11. The van der Waals surface area contributed by atoms with Crippen LogP contribution in [-0.4, -0.2) is 42.6 Å². The Morgan fingerprint density at radius 1 is 0.500 bits per heavy atom. The summed E-state index contributed by atoms with van der Waals surface area (Å²) >= 11 is 0. The molecule has 28 heavy (non-hydrogen) atoms. The monoisotopic (exact) mass is 384 g/mol. The van der Waals surface area contributed by atoms with E-state index in [-0.39, 0.29) is 10.8 Å². The molecule has 0 aliphatic carbocycles. The Hall–Kier alpha value is -2.98. The van der Waals surface area contributed by atoms with E-state index in [0.717, 1.165) is 11.4 Å². The molecule has 3 aromatic carbocycles. The molecule has 0 saturated carbocycles. The molecule has 0 radical (unpaired) electrons. The van der Waals surface area contributed by atoms with E-state index in [9.17, 15) is 15.4 Å². The highest BCUT2D eigenvalue weighted by Gasteiger charge is 2.52. The fraction of sp³-hybridized carbons (Fsp3) is 0.100. The molecule has 0 unspecified atom stereocenters. The Kier molecular flexibility index (Phi) is 5.34. The third-order valence-electron chi connectivity index (χ3n) is 4.13. The lowest BCUT2D eigenvalue weighted by Crippen LogP contribution is -2.64. The first-order valence-corrected chi connectivity index (χ1v) is 8.33. The predicted octanol–water partition coefficient (Wildman–Crippen LogP) is 1.62. The summed E-state index contributed by atoms with van der Waals surface area (Å²) in [4.78, 5) is 1.94. The van der Waals surface area contributed by atoms with Crippen LogP contribution in [0, 0.1) is 0 Å². The molecule has 8 heteroatoms. The summed E-state index contributed by atoms with van der Waals surface area (Å²) in [6, 6.07) is 24.9. The van der Waals surface area contributed by atoms with Gasteiger partial charge in [-0.05, 0) is 48.5 Å². The summed E-state index contributed by atoms with van der Waals surface area (Å²) in [7, 11) is 0. The molecular weight excluding hydrogens is 364 g/mol. The molecule has 8 nitrogen and oxygen atoms in total. The van der Waals surface area contributed by atoms with Crippen molar-refractivity contribution in [2.75, 3.05) is 9.96 Å². The standard InChI is InChI=1S/C20H20N2O6/c23-19(24,20(25,26)27)22(28)18-13-11-17(12-14-18)21(15-7-3-1-4-8-15)16-9-5-2-6-10-16/h1-14,23-28H. The maximum atomic E-state index is 9.89. The largest absolute Gasteiger partial charge is 0.357 e. The number of benzene rings is 3. The van der Waals surface area contributed by atoms with E-state index in [1.807, 2.05) is 65.6 Å². The van der Waals surface area contributed by atoms with Gasteiger partial charge < -0.3 is 30.4 Å². The van der Waals surface area contributed by atoms with Gasteiger partial charge in [0.1, 0.15) is 0 Å². The van der Waals surface area contributed by atoms with Crippen LogP contribution in [0.3, 0.4) is 0 Å². The molecule has 0 aromatic heterocycles. The van der Waals surface area contributed by atoms with Gasteiger partial charge in [0.25, 0.3) is 0 Å². The molecule has 3 aromatic rings. The lowest BCUT2D eigenvalue weighted by atomic mass is 10.2. The maximum Gasteiger partial charge on any atom is 0.357 e. The molecule has 0 bridgehead atoms. The maximum absolute atomic E-state index is 9.89. The summed E-state index contributed by atoms with van der Waals surface area (Å²) < 4.78 is 0. The Morgan fingerprint density at radius 3 is 1.25 bits per heavy atom. The average Bonchev–Trinajstić information content (AvgIpc) is 2.69. The highest BCUT2D eigenvalue weighted by atomic mass is 16.8. The van der Waals surface area contributed by atoms with Crippen molar-refractivity contribution in [1.29, 1.82) is 0 Å². The van der Waals surface area contributed by atoms with Crippen molar-refractivity contribution in [3.63, 3.8) is 0 Å². The van der Waals surface area contributed by atoms with Crippen molar-refractivity contribution >= 4 is 22.7 Å². The van der Waals surface area contributed by atoms with Crippen LogP contribution in [-0.2, 0) is 0 Å². The normalized spacial score (nSPS) is 11.9. The first kappa shape index (κ1) is 19.8. The molecule has 6 N–H and O–H groups in total. The van der Waals surface area contributed by atoms with Crippen LogP contribution in [0.1, 0.15) is 0 Å². The highest BCUT2D eigenvalue weighted by molar-refractivity contribution is 5.77. The average molecular weight is 384 g/mol. The molecular formula is C20H20N2O6. The van der Waals surface area contributed by atoms with Gasteiger partial charge in [-0.3, -0.25) is 5.21 Å². The van der Waals surface area contributed by atoms with Crippen molar-refractivity contribution in [3.8, 4) is 0 Å². The second kappa shape index (κ2) is 7.56. The second-order valence-electron chi connectivity index (χ2n) is 6.11. The smallest absolute Gasteiger partial charge is 0.341 e. The van der Waals surface area contributed by atoms with Crippen molar-refractivity contribution < 1.29 is 30.7 Å². The van der Waals surface area contributed by atoms with Gasteiger partial charge in [-0.25, -0.2) is 0 Å². The van der Waals surface area contributed by atoms with E-state index in [2.05, 4.69) is 0 Å². The molecule has 0 amide bonds. The van der Waals surface area contributed by atoms with Crippen LogP contribution in [0.5, 0.6) is 0 Å². The summed E-state index contributed by atoms with van der Waals surface area (Å²) in [6.07, 6.45) is 0. The SMILES string of the molecule is ON(c1ccc(N(c2ccccc2)c2ccccc2)cc1)C(O)(O)C(O)(O)O. The first-order valence-electron chi connectivity index (χ1n) is 8.33. The van der Waals surface area contributed by atoms with Crippen LogP contribution >= 0.6 is 0 Å². The van der Waals surface area contributed by atoms with Crippen molar-refractivity contribution in [1.82, 2.24) is 0 Å². The Bertz CT molecular complexity index is 856. The van der Waals surface area contributed by atoms with E-state index >= 15 is 0 Å². The van der Waals surface area contributed by atoms with Gasteiger partial charge in [-0.1, -0.05) is 36.4 Å². The Labute approximate surface area is 161 Å². The fourth-order valence-corrected chi connectivity index (χ4v) is 2.67. The number of hydroxylamine groups is 1. The molecule has 0 aliphatic rings. The molecule has 0 spiro atoms. The number of hydrogen-bond donors (Lipinski definition) is 6. The first-order chi connectivity index (χ1) is 13.2. The van der Waals surface area contributed by atoms with Crippen LogP contribution in [0.2, 0.25) is 0 Å². The van der Waals surface area contributed by atoms with E-state index in [0.29, 0.717) is 5.69 Å². The minimum absolute atomic E-state index is 0.198. The van der Waals surface area contributed by atoms with Crippen LogP contribution in [0.4, 0.5) is 22.7 Å². The molecule has 0 saturated heterocycles. The minimum atomic E-state index is -3.97. The highest BCUT2D eigenvalue weighted by Crippen LogP contribution is 2.35. The number of rotatable bonds is 6. The molecule has 0 heterocycles. The van der Waals surface area contributed by atoms with Crippen LogP contribution < -0.4 is 9.96 Å². The fourth-order valence-electron chi connectivity index (χ4n) is 2.67. The Morgan fingerprint density at radius 2 is 0.857 bits per heavy atom. The molecule has 3 rings (SSSR count). The zero-order valence-corrected chi connectivity index (χ0v) is 14.7. The number of para-hydroxylation sites is 2. The van der Waals surface area contributed by atoms with Crippen LogP contribution in [0.25, 0.3) is 0 Å². The van der Waals surface area contributed by atoms with Gasteiger partial charge in [0.15, 0.2) is 0 Å². The molecule has 0 atom stereocenters. The number of hydrogen-bond acceptors (Lipinski definition) is 8. The van der Waals surface area contributed by atoms with Crippen molar-refractivity contribution in [2.24, 2.45) is 0 Å².